The molecule has 146 valence electrons. The maximum atomic E-state index is 11.9. The Kier molecular flexibility index (Phi) is 4.84. The average molecular weight is 400 g/mol. The molecule has 4 rings (SSSR count). The van der Waals surface area contributed by atoms with Gasteiger partial charge in [-0.15, -0.1) is 0 Å². The molecule has 1 aliphatic heterocycles. The number of nitrogens with two attached hydrogens (primary N) is 1. The number of methoxy groups -OCH3 is 1. The fourth-order valence-corrected chi connectivity index (χ4v) is 3.98. The summed E-state index contributed by atoms with van der Waals surface area (Å²) in [5.41, 5.74) is 2.62. The molecular weight excluding hydrogens is 380 g/mol. The van der Waals surface area contributed by atoms with Crippen LogP contribution in [0.1, 0.15) is 0 Å². The second-order valence-corrected chi connectivity index (χ2v) is 7.94. The molecule has 9 nitrogen and oxygen atoms in total. The van der Waals surface area contributed by atoms with Crippen molar-refractivity contribution in [2.45, 2.75) is 4.90 Å². The van der Waals surface area contributed by atoms with Crippen molar-refractivity contribution in [3.63, 3.8) is 0 Å². The third-order valence-corrected chi connectivity index (χ3v) is 5.58. The van der Waals surface area contributed by atoms with Crippen LogP contribution in [0.4, 0.5) is 5.82 Å². The number of hydrogen-bond acceptors (Lipinski definition) is 8. The van der Waals surface area contributed by atoms with Crippen LogP contribution in [0.3, 0.4) is 0 Å². The van der Waals surface area contributed by atoms with Crippen LogP contribution in [-0.2, 0) is 10.0 Å². The van der Waals surface area contributed by atoms with Crippen LogP contribution in [0.5, 0.6) is 5.75 Å². The molecule has 0 saturated carbocycles. The number of sulfonamides is 1. The van der Waals surface area contributed by atoms with Crippen molar-refractivity contribution in [2.75, 3.05) is 38.2 Å². The zero-order chi connectivity index (χ0) is 19.7. The molecule has 10 heteroatoms. The van der Waals surface area contributed by atoms with E-state index < -0.39 is 10.0 Å². The van der Waals surface area contributed by atoms with Gasteiger partial charge in [0.25, 0.3) is 0 Å². The summed E-state index contributed by atoms with van der Waals surface area (Å²) in [6.45, 7) is 3.41. The van der Waals surface area contributed by atoms with Crippen LogP contribution in [0.25, 0.3) is 22.3 Å². The van der Waals surface area contributed by atoms with Gasteiger partial charge >= 0.3 is 0 Å². The van der Waals surface area contributed by atoms with Gasteiger partial charge in [0.1, 0.15) is 22.5 Å². The first-order valence-corrected chi connectivity index (χ1v) is 10.3. The first-order chi connectivity index (χ1) is 13.5. The van der Waals surface area contributed by atoms with Gasteiger partial charge in [-0.2, -0.15) is 0 Å². The average Bonchev–Trinajstić information content (AvgIpc) is 2.72. The second-order valence-electron chi connectivity index (χ2n) is 6.41. The fraction of sp³-hybridized carbons (Fsp3) is 0.278. The van der Waals surface area contributed by atoms with Gasteiger partial charge < -0.3 is 15.0 Å². The summed E-state index contributed by atoms with van der Waals surface area (Å²) in [4.78, 5) is 15.6. The van der Waals surface area contributed by atoms with Gasteiger partial charge in [0, 0.05) is 31.7 Å². The third-order valence-electron chi connectivity index (χ3n) is 4.65. The van der Waals surface area contributed by atoms with E-state index in [9.17, 15) is 8.42 Å². The van der Waals surface area contributed by atoms with Crippen molar-refractivity contribution < 1.29 is 13.2 Å². The number of benzene rings is 1. The standard InChI is InChI=1S/C18H20N6O3S/c1-27-15-5-2-12(10-16(15)28(19,25)26)13-3-4-14-17(23-13)18(22-11-21-14)24-8-6-20-7-9-24/h2-5,10-11,20H,6-9H2,1H3,(H2,19,25,26). The minimum Gasteiger partial charge on any atom is -0.495 e. The first-order valence-electron chi connectivity index (χ1n) is 8.76. The highest BCUT2D eigenvalue weighted by molar-refractivity contribution is 7.89. The number of piperazine rings is 1. The van der Waals surface area contributed by atoms with Crippen LogP contribution in [0.15, 0.2) is 41.6 Å². The molecule has 3 N–H and O–H groups in total. The van der Waals surface area contributed by atoms with Crippen molar-refractivity contribution in [3.8, 4) is 17.0 Å². The number of hydrogen-bond donors (Lipinski definition) is 2. The molecular formula is C18H20N6O3S. The molecule has 1 fully saturated rings. The lowest BCUT2D eigenvalue weighted by Gasteiger charge is -2.28. The molecule has 0 radical (unpaired) electrons. The Labute approximate surface area is 162 Å². The van der Waals surface area contributed by atoms with Crippen molar-refractivity contribution in [1.29, 1.82) is 0 Å². The largest absolute Gasteiger partial charge is 0.495 e. The monoisotopic (exact) mass is 400 g/mol. The molecule has 0 atom stereocenters. The smallest absolute Gasteiger partial charge is 0.241 e. The number of primary sulfonamides is 1. The van der Waals surface area contributed by atoms with E-state index in [1.807, 2.05) is 6.07 Å². The highest BCUT2D eigenvalue weighted by Gasteiger charge is 2.19. The van der Waals surface area contributed by atoms with Gasteiger partial charge in [0.2, 0.25) is 10.0 Å². The Balaban J connectivity index is 1.84. The molecule has 0 bridgehead atoms. The quantitative estimate of drug-likeness (QED) is 0.658. The highest BCUT2D eigenvalue weighted by atomic mass is 32.2. The number of nitrogens with one attached hydrogen (secondary N) is 1. The number of ether oxygens (including phenoxy) is 1. The topological polar surface area (TPSA) is 123 Å². The minimum absolute atomic E-state index is 0.0824. The van der Waals surface area contributed by atoms with Gasteiger partial charge in [-0.3, -0.25) is 0 Å². The summed E-state index contributed by atoms with van der Waals surface area (Å²) in [5.74, 6) is 0.963. The van der Waals surface area contributed by atoms with E-state index in [4.69, 9.17) is 14.9 Å². The molecule has 1 saturated heterocycles. The molecule has 2 aromatic heterocycles. The zero-order valence-corrected chi connectivity index (χ0v) is 16.1. The molecule has 0 spiro atoms. The van der Waals surface area contributed by atoms with E-state index in [1.54, 1.807) is 18.2 Å². The summed E-state index contributed by atoms with van der Waals surface area (Å²) in [6, 6.07) is 8.43. The Morgan fingerprint density at radius 2 is 1.93 bits per heavy atom. The third kappa shape index (κ3) is 3.49. The summed E-state index contributed by atoms with van der Waals surface area (Å²) < 4.78 is 28.9. The van der Waals surface area contributed by atoms with Gasteiger partial charge in [-0.05, 0) is 30.3 Å². The maximum absolute atomic E-state index is 11.9. The number of rotatable bonds is 4. The number of anilines is 1. The van der Waals surface area contributed by atoms with Gasteiger partial charge in [0.05, 0.1) is 18.3 Å². The van der Waals surface area contributed by atoms with Crippen LogP contribution >= 0.6 is 0 Å². The van der Waals surface area contributed by atoms with E-state index in [2.05, 4.69) is 20.2 Å². The molecule has 1 aliphatic rings. The minimum atomic E-state index is -3.94. The van der Waals surface area contributed by atoms with E-state index in [0.717, 1.165) is 37.5 Å². The molecule has 0 aliphatic carbocycles. The number of fused-ring (bicyclic) bond motifs is 1. The molecule has 1 aromatic carbocycles. The van der Waals surface area contributed by atoms with Crippen LogP contribution < -0.4 is 20.1 Å². The first kappa shape index (κ1) is 18.5. The van der Waals surface area contributed by atoms with Gasteiger partial charge in [-0.1, -0.05) is 0 Å². The molecule has 3 aromatic rings. The Morgan fingerprint density at radius 1 is 1.14 bits per heavy atom. The lowest BCUT2D eigenvalue weighted by Crippen LogP contribution is -2.44. The normalized spacial score (nSPS) is 15.0. The molecule has 0 amide bonds. The van der Waals surface area contributed by atoms with Crippen molar-refractivity contribution in [3.05, 3.63) is 36.7 Å². The van der Waals surface area contributed by atoms with Gasteiger partial charge in [-0.25, -0.2) is 28.5 Å². The van der Waals surface area contributed by atoms with Crippen LogP contribution in [0.2, 0.25) is 0 Å². The molecule has 28 heavy (non-hydrogen) atoms. The molecule has 0 unspecified atom stereocenters. The lowest BCUT2D eigenvalue weighted by molar-refractivity contribution is 0.403. The van der Waals surface area contributed by atoms with E-state index in [0.29, 0.717) is 16.8 Å². The zero-order valence-electron chi connectivity index (χ0n) is 15.3. The highest BCUT2D eigenvalue weighted by Crippen LogP contribution is 2.30. The summed E-state index contributed by atoms with van der Waals surface area (Å²) >= 11 is 0. The Hall–Kier alpha value is -2.82. The van der Waals surface area contributed by atoms with E-state index in [-0.39, 0.29) is 10.6 Å². The van der Waals surface area contributed by atoms with E-state index in [1.165, 1.54) is 19.5 Å². The summed E-state index contributed by atoms with van der Waals surface area (Å²) in [7, 11) is -2.54. The van der Waals surface area contributed by atoms with Crippen molar-refractivity contribution >= 4 is 26.9 Å². The predicted molar refractivity (Wildman–Crippen MR) is 106 cm³/mol. The number of aromatic nitrogens is 3. The Morgan fingerprint density at radius 3 is 2.64 bits per heavy atom. The summed E-state index contributed by atoms with van der Waals surface area (Å²) in [5, 5.41) is 8.65. The number of pyridine rings is 1. The Bertz CT molecular complexity index is 1130. The lowest BCUT2D eigenvalue weighted by atomic mass is 10.1. The van der Waals surface area contributed by atoms with Gasteiger partial charge in [0.15, 0.2) is 5.82 Å². The van der Waals surface area contributed by atoms with Crippen LogP contribution in [0, 0.1) is 0 Å². The van der Waals surface area contributed by atoms with Crippen LogP contribution in [-0.4, -0.2) is 56.7 Å². The maximum Gasteiger partial charge on any atom is 0.241 e. The summed E-state index contributed by atoms with van der Waals surface area (Å²) in [6.07, 6.45) is 1.54. The SMILES string of the molecule is COc1ccc(-c2ccc3ncnc(N4CCNCC4)c3n2)cc1S(N)(=O)=O. The fourth-order valence-electron chi connectivity index (χ4n) is 3.25. The predicted octanol–water partition coefficient (Wildman–Crippen LogP) is 0.757. The second kappa shape index (κ2) is 7.30. The van der Waals surface area contributed by atoms with Crippen molar-refractivity contribution in [2.24, 2.45) is 5.14 Å². The number of nitrogens with zero attached hydrogens (tertiary/aromatic N) is 4. The van der Waals surface area contributed by atoms with Crippen molar-refractivity contribution in [1.82, 2.24) is 20.3 Å². The molecule has 3 heterocycles. The van der Waals surface area contributed by atoms with E-state index >= 15 is 0 Å².